The normalized spacial score (nSPS) is 22.1. The van der Waals surface area contributed by atoms with E-state index in [2.05, 4.69) is 22.9 Å². The number of rotatable bonds is 5. The van der Waals surface area contributed by atoms with E-state index in [-0.39, 0.29) is 11.9 Å². The maximum Gasteiger partial charge on any atom is 0.321 e. The summed E-state index contributed by atoms with van der Waals surface area (Å²) in [5.74, 6) is 0.977. The number of piperidine rings is 1. The van der Waals surface area contributed by atoms with Gasteiger partial charge in [-0.2, -0.15) is 0 Å². The number of hydrogen-bond acceptors (Lipinski definition) is 3. The Morgan fingerprint density at radius 1 is 1.42 bits per heavy atom. The van der Waals surface area contributed by atoms with Crippen molar-refractivity contribution < 1.29 is 9.59 Å². The van der Waals surface area contributed by atoms with Gasteiger partial charge in [0.2, 0.25) is 5.91 Å². The highest BCUT2D eigenvalue weighted by molar-refractivity contribution is 5.96. The van der Waals surface area contributed by atoms with Crippen LogP contribution in [0, 0.1) is 11.8 Å². The minimum Gasteiger partial charge on any atom is -0.336 e. The first-order chi connectivity index (χ1) is 11.6. The Balaban J connectivity index is 1.57. The number of carbonyl (C=O) groups excluding carboxylic acids is 2. The highest BCUT2D eigenvalue weighted by Crippen LogP contribution is 2.24. The van der Waals surface area contributed by atoms with Crippen LogP contribution in [0.4, 0.5) is 16.2 Å². The number of hydrogen-bond donors (Lipinski definition) is 3. The SMILES string of the molecule is CC(CC(=O)Nc1cccc(N2CCNC2=O)c1)C1CCCNC1. The monoisotopic (exact) mass is 330 g/mol. The third-order valence-electron chi connectivity index (χ3n) is 4.95. The zero-order valence-electron chi connectivity index (χ0n) is 14.2. The van der Waals surface area contributed by atoms with E-state index in [1.165, 1.54) is 12.8 Å². The molecule has 0 aliphatic carbocycles. The molecule has 1 aromatic carbocycles. The van der Waals surface area contributed by atoms with Gasteiger partial charge in [-0.3, -0.25) is 9.69 Å². The Kier molecular flexibility index (Phi) is 5.35. The summed E-state index contributed by atoms with van der Waals surface area (Å²) in [5, 5.41) is 9.16. The number of amides is 3. The summed E-state index contributed by atoms with van der Waals surface area (Å²) in [5.41, 5.74) is 1.55. The third-order valence-corrected chi connectivity index (χ3v) is 4.95. The summed E-state index contributed by atoms with van der Waals surface area (Å²) in [7, 11) is 0. The maximum atomic E-state index is 12.3. The Bertz CT molecular complexity index is 598. The highest BCUT2D eigenvalue weighted by atomic mass is 16.2. The van der Waals surface area contributed by atoms with Crippen LogP contribution < -0.4 is 20.9 Å². The zero-order chi connectivity index (χ0) is 16.9. The van der Waals surface area contributed by atoms with Gasteiger partial charge in [-0.05, 0) is 56.0 Å². The van der Waals surface area contributed by atoms with Crippen molar-refractivity contribution in [3.05, 3.63) is 24.3 Å². The summed E-state index contributed by atoms with van der Waals surface area (Å²) in [6.07, 6.45) is 2.92. The molecule has 0 spiro atoms. The van der Waals surface area contributed by atoms with Crippen molar-refractivity contribution >= 4 is 23.3 Å². The number of benzene rings is 1. The minimum atomic E-state index is -0.0862. The van der Waals surface area contributed by atoms with E-state index in [0.29, 0.717) is 31.3 Å². The number of anilines is 2. The lowest BCUT2D eigenvalue weighted by atomic mass is 9.85. The molecule has 24 heavy (non-hydrogen) atoms. The molecule has 0 saturated carbocycles. The van der Waals surface area contributed by atoms with E-state index in [4.69, 9.17) is 0 Å². The van der Waals surface area contributed by atoms with Gasteiger partial charge in [-0.1, -0.05) is 13.0 Å². The van der Waals surface area contributed by atoms with Crippen molar-refractivity contribution in [2.24, 2.45) is 11.8 Å². The molecule has 2 unspecified atom stereocenters. The topological polar surface area (TPSA) is 73.5 Å². The average Bonchev–Trinajstić information content (AvgIpc) is 3.02. The van der Waals surface area contributed by atoms with Crippen LogP contribution in [-0.2, 0) is 4.79 Å². The van der Waals surface area contributed by atoms with Crippen LogP contribution in [0.3, 0.4) is 0 Å². The summed E-state index contributed by atoms with van der Waals surface area (Å²) in [6, 6.07) is 7.39. The van der Waals surface area contributed by atoms with E-state index in [9.17, 15) is 9.59 Å². The van der Waals surface area contributed by atoms with Crippen LogP contribution >= 0.6 is 0 Å². The van der Waals surface area contributed by atoms with Gasteiger partial charge in [0.15, 0.2) is 0 Å². The standard InChI is InChI=1S/C18H26N4O2/c1-13(14-4-3-7-19-12-14)10-17(23)21-15-5-2-6-16(11-15)22-9-8-20-18(22)24/h2,5-6,11,13-14,19H,3-4,7-10,12H2,1H3,(H,20,24)(H,21,23). The molecular formula is C18H26N4O2. The van der Waals surface area contributed by atoms with Gasteiger partial charge in [0, 0.05) is 30.9 Å². The van der Waals surface area contributed by atoms with Crippen LogP contribution in [-0.4, -0.2) is 38.1 Å². The highest BCUT2D eigenvalue weighted by Gasteiger charge is 2.23. The van der Waals surface area contributed by atoms with Crippen LogP contribution in [0.1, 0.15) is 26.2 Å². The van der Waals surface area contributed by atoms with E-state index < -0.39 is 0 Å². The molecule has 2 saturated heterocycles. The number of nitrogens with zero attached hydrogens (tertiary/aromatic N) is 1. The molecule has 6 nitrogen and oxygen atoms in total. The molecule has 0 aromatic heterocycles. The number of carbonyl (C=O) groups is 2. The number of urea groups is 1. The summed E-state index contributed by atoms with van der Waals surface area (Å²) in [6.45, 7) is 5.56. The molecule has 2 aliphatic heterocycles. The second-order valence-corrected chi connectivity index (χ2v) is 6.77. The lowest BCUT2D eigenvalue weighted by Crippen LogP contribution is -2.34. The first-order valence-corrected chi connectivity index (χ1v) is 8.79. The van der Waals surface area contributed by atoms with Gasteiger partial charge in [0.05, 0.1) is 0 Å². The van der Waals surface area contributed by atoms with Crippen molar-refractivity contribution in [3.8, 4) is 0 Å². The Morgan fingerprint density at radius 2 is 2.29 bits per heavy atom. The Labute approximate surface area is 143 Å². The van der Waals surface area contributed by atoms with Crippen molar-refractivity contribution in [3.63, 3.8) is 0 Å². The first-order valence-electron chi connectivity index (χ1n) is 8.79. The van der Waals surface area contributed by atoms with Crippen LogP contribution in [0.5, 0.6) is 0 Å². The van der Waals surface area contributed by atoms with Gasteiger partial charge < -0.3 is 16.0 Å². The van der Waals surface area contributed by atoms with Gasteiger partial charge in [-0.25, -0.2) is 4.79 Å². The molecule has 3 amide bonds. The third kappa shape index (κ3) is 4.06. The molecule has 0 bridgehead atoms. The quantitative estimate of drug-likeness (QED) is 0.775. The molecular weight excluding hydrogens is 304 g/mol. The largest absolute Gasteiger partial charge is 0.336 e. The van der Waals surface area contributed by atoms with Crippen LogP contribution in [0.25, 0.3) is 0 Å². The van der Waals surface area contributed by atoms with Gasteiger partial charge in [0.25, 0.3) is 0 Å². The van der Waals surface area contributed by atoms with E-state index >= 15 is 0 Å². The Morgan fingerprint density at radius 3 is 3.00 bits per heavy atom. The van der Waals surface area contributed by atoms with Crippen LogP contribution in [0.2, 0.25) is 0 Å². The van der Waals surface area contributed by atoms with Gasteiger partial charge >= 0.3 is 6.03 Å². The van der Waals surface area contributed by atoms with Gasteiger partial charge in [-0.15, -0.1) is 0 Å². The fraction of sp³-hybridized carbons (Fsp3) is 0.556. The molecule has 6 heteroatoms. The van der Waals surface area contributed by atoms with Gasteiger partial charge in [0.1, 0.15) is 0 Å². The molecule has 2 aliphatic rings. The molecule has 3 N–H and O–H groups in total. The fourth-order valence-corrected chi connectivity index (χ4v) is 3.51. The summed E-state index contributed by atoms with van der Waals surface area (Å²) in [4.78, 5) is 25.8. The number of nitrogens with one attached hydrogen (secondary N) is 3. The molecule has 0 radical (unpaired) electrons. The zero-order valence-corrected chi connectivity index (χ0v) is 14.2. The van der Waals surface area contributed by atoms with E-state index in [1.54, 1.807) is 4.90 Å². The van der Waals surface area contributed by atoms with E-state index in [0.717, 1.165) is 24.5 Å². The second-order valence-electron chi connectivity index (χ2n) is 6.77. The van der Waals surface area contributed by atoms with Crippen molar-refractivity contribution in [2.75, 3.05) is 36.4 Å². The summed E-state index contributed by atoms with van der Waals surface area (Å²) < 4.78 is 0. The van der Waals surface area contributed by atoms with Crippen LogP contribution in [0.15, 0.2) is 24.3 Å². The Hall–Kier alpha value is -2.08. The van der Waals surface area contributed by atoms with Crippen molar-refractivity contribution in [1.82, 2.24) is 10.6 Å². The lowest BCUT2D eigenvalue weighted by molar-refractivity contribution is -0.117. The molecule has 2 heterocycles. The molecule has 1 aromatic rings. The lowest BCUT2D eigenvalue weighted by Gasteiger charge is -2.28. The predicted molar refractivity (Wildman–Crippen MR) is 95.2 cm³/mol. The molecule has 2 atom stereocenters. The molecule has 2 fully saturated rings. The summed E-state index contributed by atoms with van der Waals surface area (Å²) >= 11 is 0. The minimum absolute atomic E-state index is 0.0381. The van der Waals surface area contributed by atoms with E-state index in [1.807, 2.05) is 24.3 Å². The smallest absolute Gasteiger partial charge is 0.321 e. The molecule has 3 rings (SSSR count). The predicted octanol–water partition coefficient (Wildman–Crippen LogP) is 2.18. The second kappa shape index (κ2) is 7.66. The average molecular weight is 330 g/mol. The molecule has 130 valence electrons. The van der Waals surface area contributed by atoms with Crippen molar-refractivity contribution in [1.29, 1.82) is 0 Å². The fourth-order valence-electron chi connectivity index (χ4n) is 3.51. The maximum absolute atomic E-state index is 12.3. The van der Waals surface area contributed by atoms with Crippen molar-refractivity contribution in [2.45, 2.75) is 26.2 Å². The first kappa shape index (κ1) is 16.8.